The summed E-state index contributed by atoms with van der Waals surface area (Å²) in [6.07, 6.45) is -3.17. The maximum atomic E-state index is 13.4. The van der Waals surface area contributed by atoms with Crippen LogP contribution >= 0.6 is 0 Å². The first-order chi connectivity index (χ1) is 17.2. The van der Waals surface area contributed by atoms with Gasteiger partial charge in [0.25, 0.3) is 11.8 Å². The predicted octanol–water partition coefficient (Wildman–Crippen LogP) is 1.95. The molecule has 2 amide bonds. The lowest BCUT2D eigenvalue weighted by molar-refractivity contribution is -0.178. The molecule has 190 valence electrons. The minimum Gasteiger partial charge on any atom is -0.448 e. The fourth-order valence-corrected chi connectivity index (χ4v) is 4.68. The summed E-state index contributed by atoms with van der Waals surface area (Å²) in [7, 11) is 0. The number of anilines is 1. The Kier molecular flexibility index (Phi) is 7.57. The van der Waals surface area contributed by atoms with Crippen LogP contribution in [0.2, 0.25) is 0 Å². The Balaban J connectivity index is 1.41. The summed E-state index contributed by atoms with van der Waals surface area (Å²) in [6.45, 7) is 6.86. The maximum absolute atomic E-state index is 13.4. The quantitative estimate of drug-likeness (QED) is 0.561. The third-order valence-corrected chi connectivity index (χ3v) is 6.49. The molecule has 1 saturated heterocycles. The number of esters is 2. The smallest absolute Gasteiger partial charge is 0.303 e. The number of nitrogens with zero attached hydrogens (tertiary/aromatic N) is 2. The Hall–Kier alpha value is -3.88. The van der Waals surface area contributed by atoms with Crippen molar-refractivity contribution in [2.75, 3.05) is 24.5 Å². The zero-order valence-corrected chi connectivity index (χ0v) is 20.7. The molecule has 1 fully saturated rings. The first-order valence-corrected chi connectivity index (χ1v) is 12.0. The lowest BCUT2D eigenvalue weighted by Gasteiger charge is -2.42. The van der Waals surface area contributed by atoms with Gasteiger partial charge >= 0.3 is 11.9 Å². The molecule has 2 aromatic carbocycles. The van der Waals surface area contributed by atoms with E-state index in [0.717, 1.165) is 43.8 Å². The standard InChI is InChI=1S/C27H31N3O6/c1-17-8-4-7-11-23(17)29-13-20(14-29)12-28-26(33)24(35-18(2)31)25(36-19(3)32)27(34)30-15-21-9-5-6-10-22(21)16-30/h4-11,20,24-25H,12-16H2,1-3H3,(H,28,33)/t24-,25-/m1/s1. The second kappa shape index (κ2) is 10.8. The van der Waals surface area contributed by atoms with Crippen molar-refractivity contribution in [2.45, 2.75) is 46.1 Å². The summed E-state index contributed by atoms with van der Waals surface area (Å²) in [5.74, 6) is -2.56. The average Bonchev–Trinajstić information content (AvgIpc) is 3.25. The van der Waals surface area contributed by atoms with E-state index in [9.17, 15) is 19.2 Å². The molecule has 2 heterocycles. The van der Waals surface area contributed by atoms with Gasteiger partial charge in [-0.25, -0.2) is 0 Å². The zero-order chi connectivity index (χ0) is 25.8. The predicted molar refractivity (Wildman–Crippen MR) is 132 cm³/mol. The van der Waals surface area contributed by atoms with E-state index in [1.54, 1.807) is 0 Å². The normalized spacial score (nSPS) is 16.4. The summed E-state index contributed by atoms with van der Waals surface area (Å²) in [6, 6.07) is 15.7. The van der Waals surface area contributed by atoms with E-state index in [-0.39, 0.29) is 5.92 Å². The first-order valence-electron chi connectivity index (χ1n) is 12.0. The number of amides is 2. The largest absolute Gasteiger partial charge is 0.448 e. The third-order valence-electron chi connectivity index (χ3n) is 6.49. The molecular formula is C27H31N3O6. The maximum Gasteiger partial charge on any atom is 0.303 e. The van der Waals surface area contributed by atoms with E-state index in [1.807, 2.05) is 36.4 Å². The van der Waals surface area contributed by atoms with Gasteiger partial charge in [-0.2, -0.15) is 0 Å². The number of nitrogens with one attached hydrogen (secondary N) is 1. The van der Waals surface area contributed by atoms with Crippen LogP contribution < -0.4 is 10.2 Å². The van der Waals surface area contributed by atoms with Crippen molar-refractivity contribution in [2.24, 2.45) is 5.92 Å². The van der Waals surface area contributed by atoms with E-state index in [2.05, 4.69) is 29.3 Å². The van der Waals surface area contributed by atoms with Gasteiger partial charge in [-0.3, -0.25) is 19.2 Å². The number of aryl methyl sites for hydroxylation is 1. The molecule has 9 nitrogen and oxygen atoms in total. The SMILES string of the molecule is CC(=O)O[C@@H](C(=O)NCC1CN(c2ccccc2C)C1)[C@@H](OC(C)=O)C(=O)N1Cc2ccccc2C1. The van der Waals surface area contributed by atoms with Crippen LogP contribution in [0, 0.1) is 12.8 Å². The molecule has 9 heteroatoms. The summed E-state index contributed by atoms with van der Waals surface area (Å²) in [5.41, 5.74) is 4.29. The molecule has 4 rings (SSSR count). The van der Waals surface area contributed by atoms with Crippen molar-refractivity contribution in [3.8, 4) is 0 Å². The van der Waals surface area contributed by atoms with E-state index in [0.29, 0.717) is 19.6 Å². The van der Waals surface area contributed by atoms with Crippen LogP contribution in [-0.2, 0) is 41.7 Å². The number of benzene rings is 2. The van der Waals surface area contributed by atoms with E-state index in [4.69, 9.17) is 9.47 Å². The second-order valence-electron chi connectivity index (χ2n) is 9.33. The van der Waals surface area contributed by atoms with Crippen molar-refractivity contribution in [1.29, 1.82) is 0 Å². The highest BCUT2D eigenvalue weighted by atomic mass is 16.6. The van der Waals surface area contributed by atoms with E-state index >= 15 is 0 Å². The van der Waals surface area contributed by atoms with Crippen molar-refractivity contribution >= 4 is 29.4 Å². The van der Waals surface area contributed by atoms with Crippen LogP contribution in [0.25, 0.3) is 0 Å². The Morgan fingerprint density at radius 1 is 0.889 bits per heavy atom. The Labute approximate surface area is 210 Å². The van der Waals surface area contributed by atoms with E-state index < -0.39 is 36.0 Å². The highest BCUT2D eigenvalue weighted by Crippen LogP contribution is 2.27. The van der Waals surface area contributed by atoms with Gasteiger partial charge in [0, 0.05) is 58.2 Å². The molecule has 2 atom stereocenters. The van der Waals surface area contributed by atoms with Gasteiger partial charge in [0.1, 0.15) is 0 Å². The highest BCUT2D eigenvalue weighted by molar-refractivity contribution is 5.93. The van der Waals surface area contributed by atoms with Crippen molar-refractivity contribution < 1.29 is 28.7 Å². The first kappa shape index (κ1) is 25.2. The van der Waals surface area contributed by atoms with Gasteiger partial charge in [0.15, 0.2) is 0 Å². The van der Waals surface area contributed by atoms with Crippen molar-refractivity contribution in [3.63, 3.8) is 0 Å². The molecule has 0 spiro atoms. The third kappa shape index (κ3) is 5.67. The van der Waals surface area contributed by atoms with Crippen LogP contribution in [0.15, 0.2) is 48.5 Å². The van der Waals surface area contributed by atoms with Gasteiger partial charge in [-0.15, -0.1) is 0 Å². The minimum absolute atomic E-state index is 0.197. The van der Waals surface area contributed by atoms with Crippen LogP contribution in [0.1, 0.15) is 30.5 Å². The summed E-state index contributed by atoms with van der Waals surface area (Å²) >= 11 is 0. The Morgan fingerprint density at radius 2 is 1.44 bits per heavy atom. The minimum atomic E-state index is -1.59. The highest BCUT2D eigenvalue weighted by Gasteiger charge is 2.43. The number of para-hydroxylation sites is 1. The molecule has 0 aromatic heterocycles. The van der Waals surface area contributed by atoms with Crippen LogP contribution in [0.5, 0.6) is 0 Å². The van der Waals surface area contributed by atoms with Crippen LogP contribution in [0.4, 0.5) is 5.69 Å². The topological polar surface area (TPSA) is 105 Å². The lowest BCUT2D eigenvalue weighted by Crippen LogP contribution is -2.56. The number of fused-ring (bicyclic) bond motifs is 1. The fourth-order valence-electron chi connectivity index (χ4n) is 4.68. The number of hydrogen-bond donors (Lipinski definition) is 1. The van der Waals surface area contributed by atoms with Crippen LogP contribution in [0.3, 0.4) is 0 Å². The molecule has 2 aliphatic heterocycles. The molecule has 2 aromatic rings. The van der Waals surface area contributed by atoms with Crippen molar-refractivity contribution in [3.05, 3.63) is 65.2 Å². The average molecular weight is 494 g/mol. The Bertz CT molecular complexity index is 1130. The molecule has 1 N–H and O–H groups in total. The molecule has 0 saturated carbocycles. The number of ether oxygens (including phenoxy) is 2. The number of carbonyl (C=O) groups is 4. The molecule has 0 bridgehead atoms. The molecule has 36 heavy (non-hydrogen) atoms. The number of hydrogen-bond acceptors (Lipinski definition) is 7. The van der Waals surface area contributed by atoms with Gasteiger partial charge < -0.3 is 24.6 Å². The van der Waals surface area contributed by atoms with Gasteiger partial charge in [-0.1, -0.05) is 42.5 Å². The van der Waals surface area contributed by atoms with Gasteiger partial charge in [-0.05, 0) is 29.7 Å². The van der Waals surface area contributed by atoms with E-state index in [1.165, 1.54) is 10.5 Å². The second-order valence-corrected chi connectivity index (χ2v) is 9.33. The van der Waals surface area contributed by atoms with Crippen molar-refractivity contribution in [1.82, 2.24) is 10.2 Å². The number of carbonyl (C=O) groups excluding carboxylic acids is 4. The van der Waals surface area contributed by atoms with Crippen LogP contribution in [-0.4, -0.2) is 60.5 Å². The summed E-state index contributed by atoms with van der Waals surface area (Å²) in [4.78, 5) is 53.9. The number of rotatable bonds is 8. The van der Waals surface area contributed by atoms with Gasteiger partial charge in [0.05, 0.1) is 0 Å². The fraction of sp³-hybridized carbons (Fsp3) is 0.407. The molecule has 0 radical (unpaired) electrons. The summed E-state index contributed by atoms with van der Waals surface area (Å²) < 4.78 is 10.5. The van der Waals surface area contributed by atoms with Gasteiger partial charge in [0.2, 0.25) is 12.2 Å². The molecule has 2 aliphatic rings. The molecular weight excluding hydrogens is 462 g/mol. The lowest BCUT2D eigenvalue weighted by atomic mass is 9.97. The summed E-state index contributed by atoms with van der Waals surface area (Å²) in [5, 5.41) is 2.79. The zero-order valence-electron chi connectivity index (χ0n) is 20.7. The molecule has 0 aliphatic carbocycles. The monoisotopic (exact) mass is 493 g/mol. The molecule has 0 unspecified atom stereocenters. The Morgan fingerprint density at radius 3 is 2.03 bits per heavy atom.